The molecule has 0 bridgehead atoms. The van der Waals surface area contributed by atoms with Crippen molar-refractivity contribution >= 4 is 5.69 Å². The fourth-order valence-electron chi connectivity index (χ4n) is 3.15. The van der Waals surface area contributed by atoms with E-state index in [-0.39, 0.29) is 5.41 Å². The van der Waals surface area contributed by atoms with Crippen LogP contribution in [0.5, 0.6) is 0 Å². The van der Waals surface area contributed by atoms with E-state index in [1.54, 1.807) is 0 Å². The Morgan fingerprint density at radius 3 is 2.13 bits per heavy atom. The van der Waals surface area contributed by atoms with E-state index in [4.69, 9.17) is 4.74 Å². The number of benzene rings is 1. The molecule has 1 aromatic carbocycles. The Morgan fingerprint density at radius 2 is 1.61 bits per heavy atom. The molecule has 0 amide bonds. The first kappa shape index (κ1) is 18.3. The van der Waals surface area contributed by atoms with Crippen LogP contribution in [0.15, 0.2) is 12.1 Å². The molecule has 2 rings (SSSR count). The van der Waals surface area contributed by atoms with Crippen molar-refractivity contribution in [3.05, 3.63) is 28.8 Å². The van der Waals surface area contributed by atoms with E-state index < -0.39 is 0 Å². The molecule has 1 fully saturated rings. The topological polar surface area (TPSA) is 15.7 Å². The molecule has 0 unspecified atom stereocenters. The van der Waals surface area contributed by atoms with Gasteiger partial charge in [0.15, 0.2) is 0 Å². The van der Waals surface area contributed by atoms with Gasteiger partial charge in [-0.15, -0.1) is 0 Å². The summed E-state index contributed by atoms with van der Waals surface area (Å²) in [5.74, 6) is 0. The number of morpholine rings is 1. The minimum absolute atomic E-state index is 0.289. The summed E-state index contributed by atoms with van der Waals surface area (Å²) < 4.78 is 5.46. The van der Waals surface area contributed by atoms with Crippen LogP contribution in [0.3, 0.4) is 0 Å². The van der Waals surface area contributed by atoms with Crippen molar-refractivity contribution in [3.63, 3.8) is 0 Å². The summed E-state index contributed by atoms with van der Waals surface area (Å²) in [6.45, 7) is 20.8. The zero-order valence-corrected chi connectivity index (χ0v) is 15.9. The summed E-state index contributed by atoms with van der Waals surface area (Å²) in [5.41, 5.74) is 5.86. The van der Waals surface area contributed by atoms with Crippen LogP contribution in [0.2, 0.25) is 0 Å². The Bertz CT molecular complexity index is 490. The van der Waals surface area contributed by atoms with Gasteiger partial charge >= 0.3 is 0 Å². The normalized spacial score (nSPS) is 16.6. The van der Waals surface area contributed by atoms with Crippen LogP contribution in [-0.4, -0.2) is 50.8 Å². The second kappa shape index (κ2) is 7.67. The van der Waals surface area contributed by atoms with Gasteiger partial charge in [0.25, 0.3) is 0 Å². The molecule has 0 aromatic heterocycles. The van der Waals surface area contributed by atoms with Gasteiger partial charge in [0, 0.05) is 38.4 Å². The molecule has 0 N–H and O–H groups in total. The lowest BCUT2D eigenvalue weighted by molar-refractivity contribution is 0.0390. The molecule has 1 aliphatic heterocycles. The van der Waals surface area contributed by atoms with Gasteiger partial charge in [0.05, 0.1) is 13.2 Å². The summed E-state index contributed by atoms with van der Waals surface area (Å²) in [6.07, 6.45) is 0. The van der Waals surface area contributed by atoms with Gasteiger partial charge in [-0.25, -0.2) is 0 Å². The number of nitrogens with zero attached hydrogens (tertiary/aromatic N) is 2. The maximum Gasteiger partial charge on any atom is 0.0594 e. The zero-order chi connectivity index (χ0) is 17.0. The van der Waals surface area contributed by atoms with E-state index in [1.165, 1.54) is 22.4 Å². The van der Waals surface area contributed by atoms with Crippen LogP contribution in [0, 0.1) is 26.2 Å². The highest BCUT2D eigenvalue weighted by molar-refractivity contribution is 5.54. The van der Waals surface area contributed by atoms with E-state index in [1.807, 2.05) is 0 Å². The Morgan fingerprint density at radius 1 is 1.04 bits per heavy atom. The monoisotopic (exact) mass is 318 g/mol. The predicted octanol–water partition coefficient (Wildman–Crippen LogP) is 3.80. The fraction of sp³-hybridized carbons (Fsp3) is 0.700. The summed E-state index contributed by atoms with van der Waals surface area (Å²) in [4.78, 5) is 5.09. The molecular weight excluding hydrogens is 284 g/mol. The molecule has 0 saturated carbocycles. The molecule has 0 radical (unpaired) electrons. The van der Waals surface area contributed by atoms with Crippen molar-refractivity contribution in [2.45, 2.75) is 41.5 Å². The summed E-state index contributed by atoms with van der Waals surface area (Å²) >= 11 is 0. The molecule has 0 atom stereocenters. The second-order valence-electron chi connectivity index (χ2n) is 8.14. The number of anilines is 1. The van der Waals surface area contributed by atoms with E-state index in [9.17, 15) is 0 Å². The first-order valence-corrected chi connectivity index (χ1v) is 8.89. The number of hydrogen-bond acceptors (Lipinski definition) is 3. The highest BCUT2D eigenvalue weighted by Crippen LogP contribution is 2.26. The molecule has 130 valence electrons. The first-order chi connectivity index (χ1) is 10.8. The SMILES string of the molecule is Cc1cc(N(CCN2CCOCC2)CC(C)(C)C)cc(C)c1C. The van der Waals surface area contributed by atoms with Crippen LogP contribution < -0.4 is 4.90 Å². The van der Waals surface area contributed by atoms with Gasteiger partial charge in [-0.1, -0.05) is 20.8 Å². The Kier molecular flexibility index (Phi) is 6.10. The highest BCUT2D eigenvalue weighted by atomic mass is 16.5. The maximum absolute atomic E-state index is 5.46. The Labute approximate surface area is 142 Å². The van der Waals surface area contributed by atoms with Crippen LogP contribution in [-0.2, 0) is 4.74 Å². The number of aryl methyl sites for hydroxylation is 2. The first-order valence-electron chi connectivity index (χ1n) is 8.89. The molecule has 1 heterocycles. The zero-order valence-electron chi connectivity index (χ0n) is 15.9. The molecule has 3 heteroatoms. The second-order valence-corrected chi connectivity index (χ2v) is 8.14. The van der Waals surface area contributed by atoms with Crippen molar-refractivity contribution in [2.24, 2.45) is 5.41 Å². The Hall–Kier alpha value is -1.06. The van der Waals surface area contributed by atoms with Crippen LogP contribution >= 0.6 is 0 Å². The fourth-order valence-corrected chi connectivity index (χ4v) is 3.15. The van der Waals surface area contributed by atoms with E-state index in [0.717, 1.165) is 45.9 Å². The van der Waals surface area contributed by atoms with Crippen LogP contribution in [0.4, 0.5) is 5.69 Å². The number of ether oxygens (including phenoxy) is 1. The Balaban J connectivity index is 2.13. The van der Waals surface area contributed by atoms with Crippen molar-refractivity contribution in [2.75, 3.05) is 50.8 Å². The predicted molar refractivity (Wildman–Crippen MR) is 99.6 cm³/mol. The minimum atomic E-state index is 0.289. The van der Waals surface area contributed by atoms with E-state index >= 15 is 0 Å². The largest absolute Gasteiger partial charge is 0.379 e. The summed E-state index contributed by atoms with van der Waals surface area (Å²) in [5, 5.41) is 0. The maximum atomic E-state index is 5.46. The highest BCUT2D eigenvalue weighted by Gasteiger charge is 2.19. The average molecular weight is 319 g/mol. The van der Waals surface area contributed by atoms with Gasteiger partial charge in [-0.3, -0.25) is 4.90 Å². The smallest absolute Gasteiger partial charge is 0.0594 e. The van der Waals surface area contributed by atoms with Crippen LogP contribution in [0.25, 0.3) is 0 Å². The van der Waals surface area contributed by atoms with Crippen molar-refractivity contribution in [1.82, 2.24) is 4.90 Å². The molecule has 1 aliphatic rings. The molecule has 0 spiro atoms. The minimum Gasteiger partial charge on any atom is -0.379 e. The molecule has 23 heavy (non-hydrogen) atoms. The summed E-state index contributed by atoms with van der Waals surface area (Å²) in [6, 6.07) is 4.71. The number of rotatable bonds is 5. The molecule has 1 saturated heterocycles. The third-order valence-corrected chi connectivity index (χ3v) is 4.73. The van der Waals surface area contributed by atoms with Crippen molar-refractivity contribution in [1.29, 1.82) is 0 Å². The third-order valence-electron chi connectivity index (χ3n) is 4.73. The molecule has 3 nitrogen and oxygen atoms in total. The van der Waals surface area contributed by atoms with Gasteiger partial charge in [0.1, 0.15) is 0 Å². The lowest BCUT2D eigenvalue weighted by Gasteiger charge is -2.35. The lowest BCUT2D eigenvalue weighted by Crippen LogP contribution is -2.43. The average Bonchev–Trinajstić information content (AvgIpc) is 2.48. The number of hydrogen-bond donors (Lipinski definition) is 0. The van der Waals surface area contributed by atoms with Crippen molar-refractivity contribution in [3.8, 4) is 0 Å². The third kappa shape index (κ3) is 5.50. The van der Waals surface area contributed by atoms with Crippen LogP contribution in [0.1, 0.15) is 37.5 Å². The lowest BCUT2D eigenvalue weighted by atomic mass is 9.95. The van der Waals surface area contributed by atoms with Gasteiger partial charge in [-0.05, 0) is 55.0 Å². The van der Waals surface area contributed by atoms with Crippen molar-refractivity contribution < 1.29 is 4.74 Å². The van der Waals surface area contributed by atoms with E-state index in [0.29, 0.717) is 0 Å². The van der Waals surface area contributed by atoms with Gasteiger partial charge in [-0.2, -0.15) is 0 Å². The van der Waals surface area contributed by atoms with Gasteiger partial charge in [0.2, 0.25) is 0 Å². The summed E-state index contributed by atoms with van der Waals surface area (Å²) in [7, 11) is 0. The molecule has 0 aliphatic carbocycles. The molecule has 1 aromatic rings. The molecular formula is C20H34N2O. The van der Waals surface area contributed by atoms with E-state index in [2.05, 4.69) is 63.5 Å². The van der Waals surface area contributed by atoms with Gasteiger partial charge < -0.3 is 9.64 Å². The quantitative estimate of drug-likeness (QED) is 0.821. The standard InChI is InChI=1S/C20H34N2O/c1-16-13-19(14-17(2)18(16)3)22(15-20(4,5)6)8-7-21-9-11-23-12-10-21/h13-14H,7-12,15H2,1-6H3.